The Morgan fingerprint density at radius 2 is 2.00 bits per heavy atom. The molecule has 0 radical (unpaired) electrons. The minimum atomic E-state index is -5.17. The van der Waals surface area contributed by atoms with E-state index in [4.69, 9.17) is 0 Å². The maximum absolute atomic E-state index is 13.7. The van der Waals surface area contributed by atoms with Gasteiger partial charge in [-0.25, -0.2) is 4.68 Å². The standard InChI is InChI=1S/C22H27BrF3N7O4/c1-11(2)5-14(31(4)17(34)12(3)28-20(37)22(24,25)26)18(35)32-9-21(7-13(32)8-27)10-33-16(29-19(21)36)6-15(23)30-33/h6,11-14H,5,7,9-10H2,1-4H3,(H,28,37)(H,29,36)/t12?,13-,14-,21?/m0/s1. The van der Waals surface area contributed by atoms with E-state index in [1.54, 1.807) is 29.9 Å². The lowest BCUT2D eigenvalue weighted by molar-refractivity contribution is -0.175. The molecule has 15 heteroatoms. The van der Waals surface area contributed by atoms with E-state index in [1.165, 1.54) is 11.9 Å². The Kier molecular flexibility index (Phi) is 7.92. The van der Waals surface area contributed by atoms with Crippen LogP contribution < -0.4 is 10.6 Å². The highest BCUT2D eigenvalue weighted by molar-refractivity contribution is 9.10. The number of amides is 4. The molecule has 1 aromatic heterocycles. The SMILES string of the molecule is CC(C)C[C@@H](C(=O)N1CC2(C[C@H]1C#N)Cn1nc(Br)cc1NC2=O)N(C)C(=O)C(C)NC(=O)C(F)(F)F. The number of hydrogen-bond donors (Lipinski definition) is 2. The maximum Gasteiger partial charge on any atom is 0.471 e. The van der Waals surface area contributed by atoms with Crippen molar-refractivity contribution in [1.82, 2.24) is 24.9 Å². The van der Waals surface area contributed by atoms with Crippen molar-refractivity contribution in [3.63, 3.8) is 0 Å². The van der Waals surface area contributed by atoms with Gasteiger partial charge in [-0.3, -0.25) is 19.2 Å². The smallest absolute Gasteiger partial charge is 0.337 e. The second kappa shape index (κ2) is 10.3. The van der Waals surface area contributed by atoms with E-state index in [-0.39, 0.29) is 37.8 Å². The van der Waals surface area contributed by atoms with E-state index in [1.807, 2.05) is 0 Å². The number of fused-ring (bicyclic) bond motifs is 1. The van der Waals surface area contributed by atoms with Gasteiger partial charge in [-0.05, 0) is 41.6 Å². The van der Waals surface area contributed by atoms with Crippen LogP contribution in [0.15, 0.2) is 10.7 Å². The average Bonchev–Trinajstić information content (AvgIpc) is 3.35. The molecule has 4 amide bonds. The third-order valence-corrected chi connectivity index (χ3v) is 6.95. The number of halogens is 4. The van der Waals surface area contributed by atoms with Gasteiger partial charge >= 0.3 is 12.1 Å². The fourth-order valence-electron chi connectivity index (χ4n) is 4.68. The average molecular weight is 590 g/mol. The highest BCUT2D eigenvalue weighted by Gasteiger charge is 2.54. The first-order valence-corrected chi connectivity index (χ1v) is 12.3. The molecule has 1 spiro atoms. The van der Waals surface area contributed by atoms with E-state index >= 15 is 0 Å². The van der Waals surface area contributed by atoms with Crippen LogP contribution in [0.2, 0.25) is 0 Å². The third-order valence-electron chi connectivity index (χ3n) is 6.56. The third kappa shape index (κ3) is 5.73. The van der Waals surface area contributed by atoms with Gasteiger partial charge in [-0.15, -0.1) is 0 Å². The molecule has 37 heavy (non-hydrogen) atoms. The van der Waals surface area contributed by atoms with E-state index in [2.05, 4.69) is 32.4 Å². The number of nitrogens with zero attached hydrogens (tertiary/aromatic N) is 5. The summed E-state index contributed by atoms with van der Waals surface area (Å²) in [6.07, 6.45) is -4.98. The lowest BCUT2D eigenvalue weighted by Crippen LogP contribution is -2.56. The van der Waals surface area contributed by atoms with Crippen molar-refractivity contribution < 1.29 is 32.3 Å². The highest BCUT2D eigenvalue weighted by Crippen LogP contribution is 2.41. The molecule has 2 aliphatic rings. The summed E-state index contributed by atoms with van der Waals surface area (Å²) >= 11 is 3.25. The molecular formula is C22H27BrF3N7O4. The molecule has 0 aliphatic carbocycles. The van der Waals surface area contributed by atoms with Crippen LogP contribution >= 0.6 is 15.9 Å². The molecule has 0 bridgehead atoms. The zero-order valence-electron chi connectivity index (χ0n) is 20.6. The lowest BCUT2D eigenvalue weighted by Gasteiger charge is -2.35. The number of nitrogens with one attached hydrogen (secondary N) is 2. The van der Waals surface area contributed by atoms with Crippen molar-refractivity contribution in [2.45, 2.75) is 64.5 Å². The van der Waals surface area contributed by atoms with E-state index in [0.29, 0.717) is 10.4 Å². The van der Waals surface area contributed by atoms with Gasteiger partial charge in [-0.1, -0.05) is 13.8 Å². The number of likely N-dealkylation sites (tertiary alicyclic amines) is 1. The van der Waals surface area contributed by atoms with Gasteiger partial charge in [0, 0.05) is 19.7 Å². The topological polar surface area (TPSA) is 140 Å². The minimum Gasteiger partial charge on any atom is -0.337 e. The summed E-state index contributed by atoms with van der Waals surface area (Å²) in [5, 5.41) is 18.5. The molecule has 1 aromatic rings. The van der Waals surface area contributed by atoms with Crippen molar-refractivity contribution in [3.8, 4) is 6.07 Å². The fraction of sp³-hybridized carbons (Fsp3) is 0.636. The predicted molar refractivity (Wildman–Crippen MR) is 126 cm³/mol. The summed E-state index contributed by atoms with van der Waals surface area (Å²) in [7, 11) is 1.26. The zero-order chi connectivity index (χ0) is 27.9. The van der Waals surface area contributed by atoms with E-state index in [9.17, 15) is 37.6 Å². The van der Waals surface area contributed by atoms with Crippen molar-refractivity contribution in [2.75, 3.05) is 18.9 Å². The molecule has 3 rings (SSSR count). The van der Waals surface area contributed by atoms with Crippen LogP contribution in [0, 0.1) is 22.7 Å². The Balaban J connectivity index is 1.84. The molecule has 3 heterocycles. The van der Waals surface area contributed by atoms with E-state index in [0.717, 1.165) is 11.8 Å². The summed E-state index contributed by atoms with van der Waals surface area (Å²) in [5.74, 6) is -3.78. The number of rotatable bonds is 6. The van der Waals surface area contributed by atoms with Gasteiger partial charge < -0.3 is 20.4 Å². The van der Waals surface area contributed by atoms with Gasteiger partial charge in [0.25, 0.3) is 0 Å². The first kappa shape index (κ1) is 28.4. The van der Waals surface area contributed by atoms with Crippen LogP contribution in [0.5, 0.6) is 0 Å². The normalized spacial score (nSPS) is 22.8. The van der Waals surface area contributed by atoms with Crippen molar-refractivity contribution >= 4 is 45.4 Å². The van der Waals surface area contributed by atoms with Gasteiger partial charge in [0.05, 0.1) is 18.0 Å². The molecular weight excluding hydrogens is 563 g/mol. The summed E-state index contributed by atoms with van der Waals surface area (Å²) < 4.78 is 40.0. The lowest BCUT2D eigenvalue weighted by atomic mass is 9.83. The Hall–Kier alpha value is -3.15. The summed E-state index contributed by atoms with van der Waals surface area (Å²) in [6.45, 7) is 4.71. The number of hydrogen-bond acceptors (Lipinski definition) is 6. The number of likely N-dealkylation sites (N-methyl/N-ethyl adjacent to an activating group) is 1. The molecule has 11 nitrogen and oxygen atoms in total. The minimum absolute atomic E-state index is 0.0437. The van der Waals surface area contributed by atoms with Crippen LogP contribution in [-0.4, -0.2) is 81.1 Å². The van der Waals surface area contributed by atoms with Gasteiger partial charge in [-0.2, -0.15) is 23.5 Å². The Morgan fingerprint density at radius 1 is 1.35 bits per heavy atom. The molecule has 4 atom stereocenters. The van der Waals surface area contributed by atoms with Crippen molar-refractivity contribution in [1.29, 1.82) is 5.26 Å². The molecule has 1 fully saturated rings. The second-order valence-electron chi connectivity index (χ2n) is 9.85. The van der Waals surface area contributed by atoms with Gasteiger partial charge in [0.2, 0.25) is 17.7 Å². The number of anilines is 1. The summed E-state index contributed by atoms with van der Waals surface area (Å²) in [4.78, 5) is 53.3. The summed E-state index contributed by atoms with van der Waals surface area (Å²) in [5.41, 5.74) is -1.13. The van der Waals surface area contributed by atoms with E-state index < -0.39 is 47.4 Å². The molecule has 2 N–H and O–H groups in total. The van der Waals surface area contributed by atoms with Crippen LogP contribution in [0.1, 0.15) is 33.6 Å². The molecule has 202 valence electrons. The van der Waals surface area contributed by atoms with Gasteiger partial charge in [0.1, 0.15) is 28.5 Å². The summed E-state index contributed by atoms with van der Waals surface area (Å²) in [6, 6.07) is 0.0224. The number of carbonyl (C=O) groups is 4. The van der Waals surface area contributed by atoms with Crippen LogP contribution in [0.3, 0.4) is 0 Å². The predicted octanol–water partition coefficient (Wildman–Crippen LogP) is 1.65. The van der Waals surface area contributed by atoms with Gasteiger partial charge in [0.15, 0.2) is 0 Å². The fourth-order valence-corrected chi connectivity index (χ4v) is 5.09. The highest BCUT2D eigenvalue weighted by atomic mass is 79.9. The number of carbonyl (C=O) groups excluding carboxylic acids is 4. The largest absolute Gasteiger partial charge is 0.471 e. The molecule has 2 unspecified atom stereocenters. The second-order valence-corrected chi connectivity index (χ2v) is 10.7. The zero-order valence-corrected chi connectivity index (χ0v) is 22.2. The maximum atomic E-state index is 13.7. The number of nitriles is 1. The molecule has 2 aliphatic heterocycles. The molecule has 0 saturated carbocycles. The van der Waals surface area contributed by atoms with Crippen LogP contribution in [0.4, 0.5) is 19.0 Å². The number of alkyl halides is 3. The molecule has 0 aromatic carbocycles. The quantitative estimate of drug-likeness (QED) is 0.517. The Labute approximate surface area is 219 Å². The van der Waals surface area contributed by atoms with Crippen molar-refractivity contribution in [3.05, 3.63) is 10.7 Å². The Bertz CT molecular complexity index is 1150. The molecule has 1 saturated heterocycles. The Morgan fingerprint density at radius 3 is 2.57 bits per heavy atom. The van der Waals surface area contributed by atoms with Crippen LogP contribution in [-0.2, 0) is 25.7 Å². The van der Waals surface area contributed by atoms with Crippen molar-refractivity contribution in [2.24, 2.45) is 11.3 Å². The monoisotopic (exact) mass is 589 g/mol. The first-order valence-electron chi connectivity index (χ1n) is 11.5. The number of aromatic nitrogens is 2. The van der Waals surface area contributed by atoms with Crippen LogP contribution in [0.25, 0.3) is 0 Å². The first-order chi connectivity index (χ1) is 17.1.